The van der Waals surface area contributed by atoms with Crippen molar-refractivity contribution in [3.8, 4) is 0 Å². The summed E-state index contributed by atoms with van der Waals surface area (Å²) in [6.07, 6.45) is 0.712. The van der Waals surface area contributed by atoms with Gasteiger partial charge in [-0.3, -0.25) is 0 Å². The van der Waals surface area contributed by atoms with Crippen LogP contribution < -0.4 is 11.2 Å². The van der Waals surface area contributed by atoms with Crippen molar-refractivity contribution in [2.45, 2.75) is 31.0 Å². The smallest absolute Gasteiger partial charge is 0.107 e. The van der Waals surface area contributed by atoms with Gasteiger partial charge in [0.15, 0.2) is 0 Å². The Hall–Kier alpha value is -1.05. The minimum atomic E-state index is -0.702. The van der Waals surface area contributed by atoms with Gasteiger partial charge in [-0.15, -0.1) is 0 Å². The number of halogens is 1. The molecule has 1 rings (SSSR count). The van der Waals surface area contributed by atoms with Crippen molar-refractivity contribution in [2.24, 2.45) is 5.73 Å². The summed E-state index contributed by atoms with van der Waals surface area (Å²) in [5.41, 5.74) is 9.57. The van der Waals surface area contributed by atoms with E-state index in [4.69, 9.17) is 20.8 Å². The molecule has 0 aliphatic rings. The predicted molar refractivity (Wildman–Crippen MR) is 74.1 cm³/mol. The molecule has 5 nitrogen and oxygen atoms in total. The quantitative estimate of drug-likeness (QED) is 0.516. The Morgan fingerprint density at radius 2 is 1.90 bits per heavy atom. The van der Waals surface area contributed by atoms with Crippen molar-refractivity contribution >= 4 is 0 Å². The molecule has 1 aromatic rings. The summed E-state index contributed by atoms with van der Waals surface area (Å²) in [5.74, 6) is 0. The number of benzene rings is 1. The number of aliphatic hydroxyl groups excluding tert-OH is 1. The predicted octanol–water partition coefficient (Wildman–Crippen LogP) is 1.46. The van der Waals surface area contributed by atoms with E-state index >= 15 is 0 Å². The molecule has 0 aliphatic heterocycles. The van der Waals surface area contributed by atoms with Gasteiger partial charge in [0, 0.05) is 13.7 Å². The minimum Gasteiger partial charge on any atom is -0.396 e. The third kappa shape index (κ3) is 4.50. The summed E-state index contributed by atoms with van der Waals surface area (Å²) in [6.45, 7) is -0.578. The lowest BCUT2D eigenvalue weighted by molar-refractivity contribution is 0.0720. The average molecular weight is 286 g/mol. The number of nitrogens with one attached hydrogen (secondary N) is 1. The first-order valence-corrected chi connectivity index (χ1v) is 6.62. The van der Waals surface area contributed by atoms with Crippen LogP contribution in [0, 0.1) is 0 Å². The lowest BCUT2D eigenvalue weighted by Crippen LogP contribution is -2.31. The summed E-state index contributed by atoms with van der Waals surface area (Å²) in [7, 11) is 1.49. The van der Waals surface area contributed by atoms with E-state index in [9.17, 15) is 4.39 Å². The van der Waals surface area contributed by atoms with Gasteiger partial charge in [-0.2, -0.15) is 5.48 Å². The van der Waals surface area contributed by atoms with Gasteiger partial charge in [0.25, 0.3) is 0 Å². The second-order valence-electron chi connectivity index (χ2n) is 4.69. The lowest BCUT2D eigenvalue weighted by Gasteiger charge is -2.21. The summed E-state index contributed by atoms with van der Waals surface area (Å²) in [6, 6.07) is 6.33. The molecule has 3 atom stereocenters. The van der Waals surface area contributed by atoms with Crippen LogP contribution in [0.4, 0.5) is 4.39 Å². The van der Waals surface area contributed by atoms with E-state index in [0.717, 1.165) is 11.1 Å². The normalized spacial score (nSPS) is 15.8. The Kier molecular flexibility index (Phi) is 7.64. The number of methoxy groups -OCH3 is 1. The maximum Gasteiger partial charge on any atom is 0.107 e. The Balaban J connectivity index is 2.80. The van der Waals surface area contributed by atoms with Crippen molar-refractivity contribution in [1.82, 2.24) is 5.48 Å². The zero-order valence-corrected chi connectivity index (χ0v) is 11.6. The van der Waals surface area contributed by atoms with Crippen LogP contribution in [0.3, 0.4) is 0 Å². The van der Waals surface area contributed by atoms with Gasteiger partial charge in [0.2, 0.25) is 0 Å². The molecule has 0 saturated heterocycles. The first-order chi connectivity index (χ1) is 9.67. The fourth-order valence-corrected chi connectivity index (χ4v) is 2.16. The molecular formula is C14H23FN2O3. The van der Waals surface area contributed by atoms with Crippen LogP contribution in [-0.4, -0.2) is 36.7 Å². The largest absolute Gasteiger partial charge is 0.396 e. The summed E-state index contributed by atoms with van der Waals surface area (Å²) in [4.78, 5) is 0. The Labute approximate surface area is 118 Å². The number of hydroxylamine groups is 1. The average Bonchev–Trinajstić information content (AvgIpc) is 2.49. The zero-order chi connectivity index (χ0) is 15.0. The number of rotatable bonds is 9. The molecule has 114 valence electrons. The van der Waals surface area contributed by atoms with Gasteiger partial charge in [-0.25, -0.2) is 4.39 Å². The highest BCUT2D eigenvalue weighted by Crippen LogP contribution is 2.24. The molecule has 0 saturated carbocycles. The zero-order valence-electron chi connectivity index (χ0n) is 11.6. The van der Waals surface area contributed by atoms with Crippen LogP contribution in [0.1, 0.15) is 36.1 Å². The molecule has 0 aromatic heterocycles. The van der Waals surface area contributed by atoms with Gasteiger partial charge in [0.1, 0.15) is 6.67 Å². The molecule has 6 heteroatoms. The molecule has 0 amide bonds. The molecule has 0 radical (unpaired) electrons. The highest BCUT2D eigenvalue weighted by atomic mass is 19.1. The molecule has 5 N–H and O–H groups in total. The van der Waals surface area contributed by atoms with E-state index in [1.165, 1.54) is 7.11 Å². The second-order valence-corrected chi connectivity index (χ2v) is 4.69. The molecule has 0 aliphatic carbocycles. The fourth-order valence-electron chi connectivity index (χ4n) is 2.16. The Bertz CT molecular complexity index is 375. The topological polar surface area (TPSA) is 87.7 Å². The third-order valence-corrected chi connectivity index (χ3v) is 3.30. The maximum atomic E-state index is 12.6. The third-order valence-electron chi connectivity index (χ3n) is 3.30. The van der Waals surface area contributed by atoms with E-state index < -0.39 is 18.8 Å². The Morgan fingerprint density at radius 3 is 2.35 bits per heavy atom. The fraction of sp³-hybridized carbons (Fsp3) is 0.571. The summed E-state index contributed by atoms with van der Waals surface area (Å²) >= 11 is 0. The van der Waals surface area contributed by atoms with Crippen LogP contribution >= 0.6 is 0 Å². The number of ether oxygens (including phenoxy) is 1. The van der Waals surface area contributed by atoms with E-state index in [0.29, 0.717) is 12.8 Å². The molecule has 20 heavy (non-hydrogen) atoms. The van der Waals surface area contributed by atoms with Crippen LogP contribution in [0.5, 0.6) is 0 Å². The number of aliphatic hydroxyl groups is 1. The summed E-state index contributed by atoms with van der Waals surface area (Å²) in [5, 5.41) is 18.0. The molecule has 0 bridgehead atoms. The number of alkyl halides is 1. The van der Waals surface area contributed by atoms with Crippen molar-refractivity contribution in [1.29, 1.82) is 0 Å². The molecule has 3 unspecified atom stereocenters. The van der Waals surface area contributed by atoms with E-state index in [2.05, 4.69) is 5.48 Å². The maximum absolute atomic E-state index is 12.6. The van der Waals surface area contributed by atoms with Gasteiger partial charge in [0.05, 0.1) is 18.2 Å². The minimum absolute atomic E-state index is 0.0768. The number of hydrogen-bond acceptors (Lipinski definition) is 5. The molecule has 0 fully saturated rings. The van der Waals surface area contributed by atoms with Gasteiger partial charge in [-0.05, 0) is 24.0 Å². The van der Waals surface area contributed by atoms with E-state index in [1.807, 2.05) is 24.3 Å². The van der Waals surface area contributed by atoms with Crippen molar-refractivity contribution < 1.29 is 19.4 Å². The van der Waals surface area contributed by atoms with Gasteiger partial charge < -0.3 is 20.8 Å². The van der Waals surface area contributed by atoms with Gasteiger partial charge >= 0.3 is 0 Å². The SMILES string of the molecule is COC(c1ccc(C(CCCO)NO)cc1)C(N)CF. The van der Waals surface area contributed by atoms with Crippen LogP contribution in [-0.2, 0) is 4.74 Å². The van der Waals surface area contributed by atoms with Gasteiger partial charge in [-0.1, -0.05) is 24.3 Å². The molecule has 0 heterocycles. The summed E-state index contributed by atoms with van der Waals surface area (Å²) < 4.78 is 17.9. The molecule has 0 spiro atoms. The molecule has 1 aromatic carbocycles. The van der Waals surface area contributed by atoms with E-state index in [1.54, 1.807) is 0 Å². The van der Waals surface area contributed by atoms with Crippen molar-refractivity contribution in [2.75, 3.05) is 20.4 Å². The first kappa shape index (κ1) is 17.0. The second kappa shape index (κ2) is 8.99. The van der Waals surface area contributed by atoms with E-state index in [-0.39, 0.29) is 12.6 Å². The lowest BCUT2D eigenvalue weighted by atomic mass is 9.98. The van der Waals surface area contributed by atoms with Crippen LogP contribution in [0.25, 0.3) is 0 Å². The monoisotopic (exact) mass is 286 g/mol. The molecular weight excluding hydrogens is 263 g/mol. The van der Waals surface area contributed by atoms with Crippen molar-refractivity contribution in [3.63, 3.8) is 0 Å². The number of nitrogens with two attached hydrogens (primary N) is 1. The van der Waals surface area contributed by atoms with Crippen molar-refractivity contribution in [3.05, 3.63) is 35.4 Å². The highest BCUT2D eigenvalue weighted by molar-refractivity contribution is 5.27. The Morgan fingerprint density at radius 1 is 1.30 bits per heavy atom. The highest BCUT2D eigenvalue weighted by Gasteiger charge is 2.19. The first-order valence-electron chi connectivity index (χ1n) is 6.62. The standard InChI is InChI=1S/C14H23FN2O3/c1-20-14(12(16)9-15)11-6-4-10(5-7-11)13(17-19)3-2-8-18/h4-7,12-14,17-19H,2-3,8-9,16H2,1H3. The van der Waals surface area contributed by atoms with Crippen LogP contribution in [0.15, 0.2) is 24.3 Å². The number of hydrogen-bond donors (Lipinski definition) is 4. The van der Waals surface area contributed by atoms with Crippen LogP contribution in [0.2, 0.25) is 0 Å².